The van der Waals surface area contributed by atoms with Crippen molar-refractivity contribution in [2.45, 2.75) is 30.4 Å². The summed E-state index contributed by atoms with van der Waals surface area (Å²) in [5.74, 6) is 0. The maximum absolute atomic E-state index is 12.3. The first-order valence-corrected chi connectivity index (χ1v) is 6.22. The van der Waals surface area contributed by atoms with Crippen LogP contribution >= 0.6 is 10.7 Å². The first-order valence-electron chi connectivity index (χ1n) is 3.84. The molecular formula is C6H8ClF3O3S. The Balaban J connectivity index is 2.93. The van der Waals surface area contributed by atoms with E-state index in [1.807, 2.05) is 0 Å². The van der Waals surface area contributed by atoms with Crippen molar-refractivity contribution in [2.24, 2.45) is 0 Å². The number of hydrogen-bond acceptors (Lipinski definition) is 3. The van der Waals surface area contributed by atoms with Crippen LogP contribution in [-0.4, -0.2) is 32.6 Å². The van der Waals surface area contributed by atoms with E-state index in [2.05, 4.69) is 4.74 Å². The Kier molecular flexibility index (Phi) is 3.33. The van der Waals surface area contributed by atoms with Gasteiger partial charge in [0.25, 0.3) is 0 Å². The van der Waals surface area contributed by atoms with E-state index in [0.29, 0.717) is 6.42 Å². The molecule has 8 heteroatoms. The van der Waals surface area contributed by atoms with Crippen molar-refractivity contribution in [3.63, 3.8) is 0 Å². The zero-order chi connectivity index (χ0) is 11.0. The van der Waals surface area contributed by atoms with Crippen molar-refractivity contribution in [1.82, 2.24) is 0 Å². The Morgan fingerprint density at radius 2 is 2.00 bits per heavy atom. The molecule has 0 saturated carbocycles. The van der Waals surface area contributed by atoms with Crippen LogP contribution in [0, 0.1) is 0 Å². The lowest BCUT2D eigenvalue weighted by atomic mass is 10.2. The van der Waals surface area contributed by atoms with E-state index in [-0.39, 0.29) is 13.0 Å². The fraction of sp³-hybridized carbons (Fsp3) is 1.00. The predicted octanol–water partition coefficient (Wildman–Crippen LogP) is 1.66. The zero-order valence-corrected chi connectivity index (χ0v) is 8.49. The van der Waals surface area contributed by atoms with Gasteiger partial charge in [-0.1, -0.05) is 0 Å². The van der Waals surface area contributed by atoms with Gasteiger partial charge >= 0.3 is 6.18 Å². The predicted molar refractivity (Wildman–Crippen MR) is 43.6 cm³/mol. The molecule has 1 aliphatic heterocycles. The van der Waals surface area contributed by atoms with E-state index in [0.717, 1.165) is 0 Å². The van der Waals surface area contributed by atoms with Gasteiger partial charge in [-0.3, -0.25) is 0 Å². The topological polar surface area (TPSA) is 43.4 Å². The molecule has 0 N–H and O–H groups in total. The highest BCUT2D eigenvalue weighted by Crippen LogP contribution is 2.35. The molecule has 1 heterocycles. The summed E-state index contributed by atoms with van der Waals surface area (Å²) >= 11 is 0. The summed E-state index contributed by atoms with van der Waals surface area (Å²) in [6, 6.07) is 0. The molecule has 1 fully saturated rings. The molecule has 0 amide bonds. The highest BCUT2D eigenvalue weighted by atomic mass is 35.7. The monoisotopic (exact) mass is 252 g/mol. The standard InChI is InChI=1S/C6H8ClF3O3S/c7-14(11,12)5(6(8,9)10)4-2-1-3-13-4/h4-5H,1-3H2/t4-,5-/m0/s1. The van der Waals surface area contributed by atoms with Crippen LogP contribution in [0.15, 0.2) is 0 Å². The Labute approximate surface area is 83.6 Å². The third-order valence-corrected chi connectivity index (χ3v) is 3.68. The van der Waals surface area contributed by atoms with Crippen LogP contribution in [0.4, 0.5) is 13.2 Å². The Bertz CT molecular complexity index is 294. The van der Waals surface area contributed by atoms with Gasteiger partial charge in [-0.25, -0.2) is 8.42 Å². The zero-order valence-electron chi connectivity index (χ0n) is 6.92. The molecule has 1 saturated heterocycles. The van der Waals surface area contributed by atoms with Gasteiger partial charge in [0.15, 0.2) is 5.25 Å². The lowest BCUT2D eigenvalue weighted by molar-refractivity contribution is -0.149. The second-order valence-corrected chi connectivity index (χ2v) is 5.74. The van der Waals surface area contributed by atoms with Gasteiger partial charge in [-0.15, -0.1) is 0 Å². The van der Waals surface area contributed by atoms with Crippen molar-refractivity contribution in [3.05, 3.63) is 0 Å². The molecule has 1 rings (SSSR count). The smallest absolute Gasteiger partial charge is 0.376 e. The van der Waals surface area contributed by atoms with Crippen molar-refractivity contribution >= 4 is 19.7 Å². The molecule has 0 bridgehead atoms. The highest BCUT2D eigenvalue weighted by Gasteiger charge is 2.53. The molecule has 3 nitrogen and oxygen atoms in total. The summed E-state index contributed by atoms with van der Waals surface area (Å²) < 4.78 is 63.1. The Morgan fingerprint density at radius 3 is 2.29 bits per heavy atom. The van der Waals surface area contributed by atoms with E-state index in [4.69, 9.17) is 10.7 Å². The normalized spacial score (nSPS) is 26.4. The molecule has 0 aromatic heterocycles. The molecule has 0 aromatic carbocycles. The number of alkyl halides is 3. The third-order valence-electron chi connectivity index (χ3n) is 1.93. The summed E-state index contributed by atoms with van der Waals surface area (Å²) in [7, 11) is 0.0523. The minimum Gasteiger partial charge on any atom is -0.376 e. The number of ether oxygens (including phenoxy) is 1. The molecule has 2 atom stereocenters. The van der Waals surface area contributed by atoms with Gasteiger partial charge in [0.2, 0.25) is 9.05 Å². The molecule has 0 unspecified atom stereocenters. The fourth-order valence-electron chi connectivity index (χ4n) is 1.39. The summed E-state index contributed by atoms with van der Waals surface area (Å²) in [5, 5.41) is -2.61. The van der Waals surface area contributed by atoms with E-state index >= 15 is 0 Å². The van der Waals surface area contributed by atoms with Crippen molar-refractivity contribution in [1.29, 1.82) is 0 Å². The van der Waals surface area contributed by atoms with E-state index < -0.39 is 26.6 Å². The Morgan fingerprint density at radius 1 is 1.43 bits per heavy atom. The molecule has 14 heavy (non-hydrogen) atoms. The highest BCUT2D eigenvalue weighted by molar-refractivity contribution is 8.14. The van der Waals surface area contributed by atoms with Crippen LogP contribution < -0.4 is 0 Å². The third kappa shape index (κ3) is 2.74. The number of hydrogen-bond donors (Lipinski definition) is 0. The molecule has 0 radical (unpaired) electrons. The van der Waals surface area contributed by atoms with Gasteiger partial charge < -0.3 is 4.74 Å². The van der Waals surface area contributed by atoms with Gasteiger partial charge in [0, 0.05) is 17.3 Å². The fourth-order valence-corrected chi connectivity index (χ4v) is 2.94. The first-order chi connectivity index (χ1) is 6.23. The van der Waals surface area contributed by atoms with Crippen molar-refractivity contribution in [3.8, 4) is 0 Å². The number of halogens is 4. The van der Waals surface area contributed by atoms with Gasteiger partial charge in [-0.2, -0.15) is 13.2 Å². The summed E-state index contributed by atoms with van der Waals surface area (Å²) in [5.41, 5.74) is 0. The Hall–Kier alpha value is -0.0100. The summed E-state index contributed by atoms with van der Waals surface area (Å²) in [6.45, 7) is 0.143. The molecular weight excluding hydrogens is 245 g/mol. The minimum absolute atomic E-state index is 0.0656. The first kappa shape index (κ1) is 12.1. The second kappa shape index (κ2) is 3.86. The second-order valence-electron chi connectivity index (χ2n) is 2.99. The molecule has 84 valence electrons. The molecule has 0 aliphatic carbocycles. The maximum atomic E-state index is 12.3. The average Bonchev–Trinajstić information content (AvgIpc) is 2.31. The van der Waals surface area contributed by atoms with E-state index in [9.17, 15) is 21.6 Å². The van der Waals surface area contributed by atoms with Gasteiger partial charge in [0.05, 0.1) is 6.10 Å². The van der Waals surface area contributed by atoms with Gasteiger partial charge in [-0.05, 0) is 12.8 Å². The van der Waals surface area contributed by atoms with Crippen LogP contribution in [0.25, 0.3) is 0 Å². The largest absolute Gasteiger partial charge is 0.409 e. The molecule has 0 aromatic rings. The van der Waals surface area contributed by atoms with Crippen molar-refractivity contribution < 1.29 is 26.3 Å². The maximum Gasteiger partial charge on any atom is 0.409 e. The lowest BCUT2D eigenvalue weighted by Crippen LogP contribution is -2.43. The molecule has 1 aliphatic rings. The van der Waals surface area contributed by atoms with Gasteiger partial charge in [0.1, 0.15) is 0 Å². The quantitative estimate of drug-likeness (QED) is 0.702. The van der Waals surface area contributed by atoms with E-state index in [1.54, 1.807) is 0 Å². The minimum atomic E-state index is -4.88. The SMILES string of the molecule is O=S(=O)(Cl)[C@@H]([C@@H]1CCCO1)C(F)(F)F. The molecule has 0 spiro atoms. The summed E-state index contributed by atoms with van der Waals surface area (Å²) in [4.78, 5) is 0. The number of rotatable bonds is 2. The van der Waals surface area contributed by atoms with Crippen LogP contribution in [-0.2, 0) is 13.8 Å². The van der Waals surface area contributed by atoms with Crippen LogP contribution in [0.5, 0.6) is 0 Å². The van der Waals surface area contributed by atoms with Crippen LogP contribution in [0.1, 0.15) is 12.8 Å². The van der Waals surface area contributed by atoms with Crippen molar-refractivity contribution in [2.75, 3.05) is 6.61 Å². The summed E-state index contributed by atoms with van der Waals surface area (Å²) in [6.07, 6.45) is -5.76. The average molecular weight is 253 g/mol. The lowest BCUT2D eigenvalue weighted by Gasteiger charge is -2.22. The van der Waals surface area contributed by atoms with Crippen LogP contribution in [0.2, 0.25) is 0 Å². The van der Waals surface area contributed by atoms with Crippen LogP contribution in [0.3, 0.4) is 0 Å². The van der Waals surface area contributed by atoms with E-state index in [1.165, 1.54) is 0 Å².